The molecule has 0 saturated heterocycles. The van der Waals surface area contributed by atoms with Crippen molar-refractivity contribution in [3.8, 4) is 0 Å². The van der Waals surface area contributed by atoms with E-state index in [0.29, 0.717) is 25.0 Å². The largest absolute Gasteiger partial charge is 0.469 e. The number of nitrogens with one attached hydrogen (secondary N) is 1. The molecule has 2 aromatic carbocycles. The van der Waals surface area contributed by atoms with Crippen LogP contribution in [0.4, 0.5) is 18.9 Å². The number of aliphatic hydroxyl groups is 2. The summed E-state index contributed by atoms with van der Waals surface area (Å²) in [6, 6.07) is 4.66. The fraction of sp³-hybridized carbons (Fsp3) is 0.483. The van der Waals surface area contributed by atoms with E-state index in [4.69, 9.17) is 11.6 Å². The molecule has 2 aromatic rings. The zero-order chi connectivity index (χ0) is 31.7. The third kappa shape index (κ3) is 6.89. The summed E-state index contributed by atoms with van der Waals surface area (Å²) in [5.41, 5.74) is -1.86. The molecule has 2 saturated carbocycles. The Kier molecular flexibility index (Phi) is 9.89. The van der Waals surface area contributed by atoms with Gasteiger partial charge in [-0.3, -0.25) is 14.4 Å². The van der Waals surface area contributed by atoms with E-state index in [1.807, 2.05) is 0 Å². The monoisotopic (exact) mass is 645 g/mol. The van der Waals surface area contributed by atoms with Gasteiger partial charge in [0.25, 0.3) is 5.91 Å². The van der Waals surface area contributed by atoms with Crippen molar-refractivity contribution in [3.63, 3.8) is 0 Å². The van der Waals surface area contributed by atoms with Gasteiger partial charge in [-0.2, -0.15) is 0 Å². The smallest absolute Gasteiger partial charge is 0.305 e. The fourth-order valence-corrected chi connectivity index (χ4v) is 8.55. The molecule has 0 spiro atoms. The summed E-state index contributed by atoms with van der Waals surface area (Å²) >= 11 is 6.25. The van der Waals surface area contributed by atoms with E-state index >= 15 is 0 Å². The maximum atomic E-state index is 13.7. The molecule has 0 radical (unpaired) electrons. The van der Waals surface area contributed by atoms with Crippen molar-refractivity contribution in [2.45, 2.75) is 73.2 Å². The van der Waals surface area contributed by atoms with E-state index in [9.17, 15) is 46.2 Å². The second-order valence-corrected chi connectivity index (χ2v) is 13.7. The van der Waals surface area contributed by atoms with Crippen LogP contribution >= 0.6 is 11.6 Å². The highest BCUT2D eigenvalue weighted by atomic mass is 35.5. The van der Waals surface area contributed by atoms with Gasteiger partial charge in [-0.1, -0.05) is 11.6 Å². The minimum Gasteiger partial charge on any atom is -0.469 e. The van der Waals surface area contributed by atoms with Crippen LogP contribution in [0, 0.1) is 29.3 Å². The Morgan fingerprint density at radius 2 is 1.67 bits per heavy atom. The Balaban J connectivity index is 1.46. The molecule has 5 atom stereocenters. The molecule has 2 bridgehead atoms. The van der Waals surface area contributed by atoms with Gasteiger partial charge < -0.3 is 20.3 Å². The van der Waals surface area contributed by atoms with Gasteiger partial charge in [0.05, 0.1) is 27.9 Å². The number of sulfone groups is 1. The fourth-order valence-electron chi connectivity index (χ4n) is 6.15. The number of methoxy groups -OCH3 is 1. The van der Waals surface area contributed by atoms with Crippen molar-refractivity contribution in [3.05, 3.63) is 58.4 Å². The Morgan fingerprint density at radius 1 is 1.07 bits per heavy atom. The van der Waals surface area contributed by atoms with E-state index in [1.54, 1.807) is 0 Å². The van der Waals surface area contributed by atoms with Crippen molar-refractivity contribution in [2.24, 2.45) is 11.8 Å². The first-order chi connectivity index (χ1) is 20.2. The Morgan fingerprint density at radius 3 is 2.26 bits per heavy atom. The maximum absolute atomic E-state index is 13.7. The predicted molar refractivity (Wildman–Crippen MR) is 149 cm³/mol. The average molecular weight is 646 g/mol. The lowest BCUT2D eigenvalue weighted by molar-refractivity contribution is -0.141. The van der Waals surface area contributed by atoms with Crippen molar-refractivity contribution in [1.82, 2.24) is 0 Å². The van der Waals surface area contributed by atoms with Crippen molar-refractivity contribution in [1.29, 1.82) is 0 Å². The van der Waals surface area contributed by atoms with Crippen LogP contribution in [0.5, 0.6) is 0 Å². The number of anilines is 1. The Hall–Kier alpha value is -3.00. The summed E-state index contributed by atoms with van der Waals surface area (Å²) in [6.07, 6.45) is -0.506. The first-order valence-electron chi connectivity index (χ1n) is 13.7. The first-order valence-corrected chi connectivity index (χ1v) is 15.6. The minimum atomic E-state index is -4.12. The number of rotatable bonds is 11. The van der Waals surface area contributed by atoms with Gasteiger partial charge in [-0.05, 0) is 68.6 Å². The topological polar surface area (TPSA) is 147 Å². The molecule has 234 valence electrons. The number of ether oxygens (including phenoxy) is 1. The van der Waals surface area contributed by atoms with Crippen LogP contribution < -0.4 is 5.32 Å². The summed E-state index contributed by atoms with van der Waals surface area (Å²) in [7, 11) is -2.93. The van der Waals surface area contributed by atoms with Gasteiger partial charge in [-0.15, -0.1) is 0 Å². The molecule has 0 aromatic heterocycles. The highest BCUT2D eigenvalue weighted by Crippen LogP contribution is 2.54. The first kappa shape index (κ1) is 32.9. The van der Waals surface area contributed by atoms with Crippen molar-refractivity contribution >= 4 is 44.8 Å². The van der Waals surface area contributed by atoms with E-state index in [-0.39, 0.29) is 59.7 Å². The molecule has 1 amide bonds. The standard InChI is InChI=1S/C29H31ClF3NO8S/c1-42-26(37)7-6-23(35)24(36)8-9-29(39)16-3-4-17(29)12-19(11-16)43(40,41)25-10-15(2-5-20(25)30)28(38)34-18-13-21(31)27(33)22(32)14-18/h2,5,10,13-14,16-17,19,23,35,39H,3-4,6-9,11-12H2,1H3,(H,34,38)/t16-,17?,19?,23?,29?/m0/s1. The Bertz CT molecular complexity index is 1500. The van der Waals surface area contributed by atoms with Crippen LogP contribution in [0.3, 0.4) is 0 Å². The van der Waals surface area contributed by atoms with Crippen LogP contribution in [0.1, 0.15) is 61.7 Å². The number of aliphatic hydroxyl groups excluding tert-OH is 1. The third-order valence-corrected chi connectivity index (χ3v) is 11.2. The second kappa shape index (κ2) is 12.9. The molecule has 14 heteroatoms. The number of benzene rings is 2. The van der Waals surface area contributed by atoms with E-state index in [1.165, 1.54) is 19.2 Å². The van der Waals surface area contributed by atoms with Gasteiger partial charge in [0.2, 0.25) is 0 Å². The van der Waals surface area contributed by atoms with Crippen LogP contribution in [0.2, 0.25) is 5.02 Å². The molecule has 43 heavy (non-hydrogen) atoms. The van der Waals surface area contributed by atoms with E-state index < -0.39 is 73.7 Å². The quantitative estimate of drug-likeness (QED) is 0.241. The van der Waals surface area contributed by atoms with Gasteiger partial charge in [0.1, 0.15) is 6.10 Å². The molecular weight excluding hydrogens is 615 g/mol. The number of Topliss-reactive ketones (excluding diaryl/α,β-unsaturated/α-hetero) is 1. The zero-order valence-corrected chi connectivity index (χ0v) is 24.7. The highest BCUT2D eigenvalue weighted by molar-refractivity contribution is 7.92. The van der Waals surface area contributed by atoms with Gasteiger partial charge in [0.15, 0.2) is 33.1 Å². The van der Waals surface area contributed by atoms with Crippen LogP contribution in [0.15, 0.2) is 35.2 Å². The second-order valence-electron chi connectivity index (χ2n) is 11.1. The van der Waals surface area contributed by atoms with Gasteiger partial charge in [0, 0.05) is 36.2 Å². The molecule has 4 unspecified atom stereocenters. The summed E-state index contributed by atoms with van der Waals surface area (Å²) in [4.78, 5) is 36.2. The third-order valence-electron chi connectivity index (χ3n) is 8.55. The number of halogens is 4. The number of ketones is 1. The molecule has 3 N–H and O–H groups in total. The molecule has 0 aliphatic heterocycles. The molecule has 0 heterocycles. The van der Waals surface area contributed by atoms with Gasteiger partial charge >= 0.3 is 5.97 Å². The summed E-state index contributed by atoms with van der Waals surface area (Å²) in [5, 5.41) is 22.7. The number of amides is 1. The Labute approximate surface area is 251 Å². The molecule has 2 aliphatic carbocycles. The van der Waals surface area contributed by atoms with Crippen LogP contribution in [-0.2, 0) is 24.2 Å². The van der Waals surface area contributed by atoms with Crippen molar-refractivity contribution in [2.75, 3.05) is 12.4 Å². The number of fused-ring (bicyclic) bond motifs is 2. The number of carbonyl (C=O) groups is 3. The van der Waals surface area contributed by atoms with E-state index in [2.05, 4.69) is 10.1 Å². The lowest BCUT2D eigenvalue weighted by Crippen LogP contribution is -2.48. The molecule has 2 aliphatic rings. The molecule has 2 fully saturated rings. The minimum absolute atomic E-state index is 0.0319. The molecular formula is C29H31ClF3NO8S. The average Bonchev–Trinajstić information content (AvgIpc) is 3.12. The molecule has 4 rings (SSSR count). The SMILES string of the molecule is COC(=O)CCC(O)C(=O)CCC1(O)C2CC[C@H]1CC(S(=O)(=O)c1cc(C(=O)Nc3cc(F)c(F)c(F)c3)ccc1Cl)C2. The summed E-state index contributed by atoms with van der Waals surface area (Å²) < 4.78 is 72.4. The number of carbonyl (C=O) groups excluding carboxylic acids is 3. The molecule has 9 nitrogen and oxygen atoms in total. The lowest BCUT2D eigenvalue weighted by atomic mass is 9.71. The number of hydrogen-bond acceptors (Lipinski definition) is 8. The predicted octanol–water partition coefficient (Wildman–Crippen LogP) is 4.37. The number of hydrogen-bond donors (Lipinski definition) is 3. The summed E-state index contributed by atoms with van der Waals surface area (Å²) in [5.74, 6) is -7.62. The van der Waals surface area contributed by atoms with Crippen LogP contribution in [0.25, 0.3) is 0 Å². The van der Waals surface area contributed by atoms with Crippen molar-refractivity contribution < 1.29 is 50.9 Å². The number of esters is 1. The highest BCUT2D eigenvalue weighted by Gasteiger charge is 2.55. The lowest BCUT2D eigenvalue weighted by Gasteiger charge is -2.42. The van der Waals surface area contributed by atoms with E-state index in [0.717, 1.165) is 6.07 Å². The maximum Gasteiger partial charge on any atom is 0.305 e. The zero-order valence-electron chi connectivity index (χ0n) is 23.1. The summed E-state index contributed by atoms with van der Waals surface area (Å²) in [6.45, 7) is 0. The normalized spacial score (nSPS) is 23.9. The van der Waals surface area contributed by atoms with Gasteiger partial charge in [-0.25, -0.2) is 21.6 Å². The van der Waals surface area contributed by atoms with Crippen LogP contribution in [-0.4, -0.2) is 60.4 Å².